The fourth-order valence-electron chi connectivity index (χ4n) is 3.37. The molecule has 19 heavy (non-hydrogen) atoms. The molecule has 2 aliphatic heterocycles. The van der Waals surface area contributed by atoms with Crippen molar-refractivity contribution in [2.24, 2.45) is 0 Å². The molecule has 0 saturated heterocycles. The predicted octanol–water partition coefficient (Wildman–Crippen LogP) is 2.87. The van der Waals surface area contributed by atoms with E-state index in [2.05, 4.69) is 20.8 Å². The normalized spacial score (nSPS) is 24.7. The Bertz CT molecular complexity index is 501. The van der Waals surface area contributed by atoms with E-state index in [1.807, 2.05) is 13.8 Å². The fourth-order valence-corrected chi connectivity index (χ4v) is 3.37. The topological polar surface area (TPSA) is 38.7 Å². The smallest absolute Gasteiger partial charge is 0.129 e. The van der Waals surface area contributed by atoms with E-state index in [1.165, 1.54) is 11.1 Å². The van der Waals surface area contributed by atoms with Crippen molar-refractivity contribution in [3.05, 3.63) is 22.3 Å². The molecule has 3 nitrogen and oxygen atoms in total. The standard InChI is InChI=1S/C16H22O3/c1-8-6-11-10(3)14-12(7-9(2)18-14)13(15(11)19-8)16(4,5)17/h8-9,17H,6-7H2,1-5H3. The Morgan fingerprint density at radius 1 is 1.00 bits per heavy atom. The molecule has 1 N–H and O–H groups in total. The van der Waals surface area contributed by atoms with Crippen molar-refractivity contribution in [2.75, 3.05) is 0 Å². The third-order valence-electron chi connectivity index (χ3n) is 4.10. The van der Waals surface area contributed by atoms with Crippen LogP contribution < -0.4 is 9.47 Å². The van der Waals surface area contributed by atoms with Crippen LogP contribution in [0.1, 0.15) is 49.9 Å². The average molecular weight is 262 g/mol. The quantitative estimate of drug-likeness (QED) is 0.845. The summed E-state index contributed by atoms with van der Waals surface area (Å²) in [6.45, 7) is 9.90. The van der Waals surface area contributed by atoms with Gasteiger partial charge in [0.2, 0.25) is 0 Å². The van der Waals surface area contributed by atoms with E-state index >= 15 is 0 Å². The molecule has 0 fully saturated rings. The molecule has 2 atom stereocenters. The van der Waals surface area contributed by atoms with Crippen LogP contribution in [0.2, 0.25) is 0 Å². The van der Waals surface area contributed by atoms with Crippen molar-refractivity contribution < 1.29 is 14.6 Å². The van der Waals surface area contributed by atoms with Gasteiger partial charge >= 0.3 is 0 Å². The van der Waals surface area contributed by atoms with Gasteiger partial charge in [0.05, 0.1) is 5.60 Å². The minimum Gasteiger partial charge on any atom is -0.490 e. The van der Waals surface area contributed by atoms with Gasteiger partial charge in [-0.05, 0) is 40.2 Å². The summed E-state index contributed by atoms with van der Waals surface area (Å²) in [5, 5.41) is 10.5. The molecule has 0 amide bonds. The summed E-state index contributed by atoms with van der Waals surface area (Å²) >= 11 is 0. The first kappa shape index (κ1) is 12.8. The molecule has 0 radical (unpaired) electrons. The first-order valence-electron chi connectivity index (χ1n) is 7.03. The van der Waals surface area contributed by atoms with Gasteiger partial charge in [-0.2, -0.15) is 0 Å². The third kappa shape index (κ3) is 1.83. The second-order valence-electron chi connectivity index (χ2n) is 6.44. The summed E-state index contributed by atoms with van der Waals surface area (Å²) in [6.07, 6.45) is 2.10. The van der Waals surface area contributed by atoms with Crippen LogP contribution in [0.4, 0.5) is 0 Å². The molecule has 104 valence electrons. The SMILES string of the molecule is Cc1c2c(c(C(C)(C)O)c3c1OC(C)C3)OC(C)C2. The van der Waals surface area contributed by atoms with E-state index in [0.29, 0.717) is 0 Å². The lowest BCUT2D eigenvalue weighted by atomic mass is 9.86. The lowest BCUT2D eigenvalue weighted by Gasteiger charge is -2.25. The molecule has 3 rings (SSSR count). The Labute approximate surface area is 114 Å². The molecule has 1 aromatic rings. The highest BCUT2D eigenvalue weighted by Gasteiger charge is 2.38. The van der Waals surface area contributed by atoms with Gasteiger partial charge in [-0.15, -0.1) is 0 Å². The van der Waals surface area contributed by atoms with Gasteiger partial charge in [0.25, 0.3) is 0 Å². The molecule has 0 bridgehead atoms. The number of fused-ring (bicyclic) bond motifs is 2. The maximum Gasteiger partial charge on any atom is 0.129 e. The Morgan fingerprint density at radius 3 is 2.11 bits per heavy atom. The van der Waals surface area contributed by atoms with E-state index in [0.717, 1.165) is 35.5 Å². The zero-order chi connectivity index (χ0) is 13.9. The van der Waals surface area contributed by atoms with Crippen LogP contribution in [-0.4, -0.2) is 17.3 Å². The average Bonchev–Trinajstić information content (AvgIpc) is 2.80. The van der Waals surface area contributed by atoms with Crippen LogP contribution in [0.25, 0.3) is 0 Å². The number of hydrogen-bond acceptors (Lipinski definition) is 3. The molecule has 0 aliphatic carbocycles. The molecule has 0 spiro atoms. The van der Waals surface area contributed by atoms with Crippen LogP contribution in [0.5, 0.6) is 11.5 Å². The summed E-state index contributed by atoms with van der Waals surface area (Å²) < 4.78 is 12.0. The summed E-state index contributed by atoms with van der Waals surface area (Å²) in [5.41, 5.74) is 3.55. The summed E-state index contributed by atoms with van der Waals surface area (Å²) in [6, 6.07) is 0. The van der Waals surface area contributed by atoms with Gasteiger partial charge in [-0.3, -0.25) is 0 Å². The minimum atomic E-state index is -0.903. The van der Waals surface area contributed by atoms with Gasteiger partial charge in [-0.25, -0.2) is 0 Å². The van der Waals surface area contributed by atoms with Crippen molar-refractivity contribution in [3.63, 3.8) is 0 Å². The Balaban J connectivity index is 2.30. The lowest BCUT2D eigenvalue weighted by Crippen LogP contribution is -2.20. The first-order chi connectivity index (χ1) is 8.79. The van der Waals surface area contributed by atoms with Gasteiger partial charge in [0, 0.05) is 29.5 Å². The first-order valence-corrected chi connectivity index (χ1v) is 7.03. The van der Waals surface area contributed by atoms with Gasteiger partial charge in [0.1, 0.15) is 23.7 Å². The minimum absolute atomic E-state index is 0.176. The molecule has 2 heterocycles. The van der Waals surface area contributed by atoms with Crippen LogP contribution in [-0.2, 0) is 18.4 Å². The summed E-state index contributed by atoms with van der Waals surface area (Å²) in [7, 11) is 0. The van der Waals surface area contributed by atoms with Crippen molar-refractivity contribution in [1.29, 1.82) is 0 Å². The van der Waals surface area contributed by atoms with Crippen LogP contribution in [0.3, 0.4) is 0 Å². The monoisotopic (exact) mass is 262 g/mol. The number of ether oxygens (including phenoxy) is 2. The highest BCUT2D eigenvalue weighted by Crippen LogP contribution is 2.49. The van der Waals surface area contributed by atoms with Crippen LogP contribution in [0.15, 0.2) is 0 Å². The molecule has 0 saturated carbocycles. The van der Waals surface area contributed by atoms with Crippen LogP contribution in [0, 0.1) is 6.92 Å². The van der Waals surface area contributed by atoms with E-state index < -0.39 is 5.60 Å². The Morgan fingerprint density at radius 2 is 1.53 bits per heavy atom. The third-order valence-corrected chi connectivity index (χ3v) is 4.10. The molecular formula is C16H22O3. The zero-order valence-corrected chi connectivity index (χ0v) is 12.3. The number of hydrogen-bond donors (Lipinski definition) is 1. The molecule has 3 heteroatoms. The summed E-state index contributed by atoms with van der Waals surface area (Å²) in [5.74, 6) is 1.87. The van der Waals surface area contributed by atoms with Crippen molar-refractivity contribution >= 4 is 0 Å². The highest BCUT2D eigenvalue weighted by molar-refractivity contribution is 5.63. The second kappa shape index (κ2) is 3.89. The predicted molar refractivity (Wildman–Crippen MR) is 74.0 cm³/mol. The van der Waals surface area contributed by atoms with E-state index in [4.69, 9.17) is 9.47 Å². The van der Waals surface area contributed by atoms with E-state index in [1.54, 1.807) is 0 Å². The Kier molecular flexibility index (Phi) is 2.62. The molecular weight excluding hydrogens is 240 g/mol. The Hall–Kier alpha value is -1.22. The largest absolute Gasteiger partial charge is 0.490 e. The van der Waals surface area contributed by atoms with Gasteiger partial charge < -0.3 is 14.6 Å². The molecule has 0 aromatic heterocycles. The van der Waals surface area contributed by atoms with Crippen molar-refractivity contribution in [3.8, 4) is 11.5 Å². The van der Waals surface area contributed by atoms with Crippen molar-refractivity contribution in [1.82, 2.24) is 0 Å². The number of rotatable bonds is 1. The highest BCUT2D eigenvalue weighted by atomic mass is 16.5. The van der Waals surface area contributed by atoms with Gasteiger partial charge in [0.15, 0.2) is 0 Å². The number of benzene rings is 1. The van der Waals surface area contributed by atoms with Gasteiger partial charge in [-0.1, -0.05) is 0 Å². The second-order valence-corrected chi connectivity index (χ2v) is 6.44. The summed E-state index contributed by atoms with van der Waals surface area (Å²) in [4.78, 5) is 0. The maximum absolute atomic E-state index is 10.5. The van der Waals surface area contributed by atoms with E-state index in [-0.39, 0.29) is 12.2 Å². The van der Waals surface area contributed by atoms with Crippen LogP contribution >= 0.6 is 0 Å². The van der Waals surface area contributed by atoms with Crippen molar-refractivity contribution in [2.45, 2.75) is 65.3 Å². The number of aliphatic hydroxyl groups is 1. The molecule has 2 aliphatic rings. The maximum atomic E-state index is 10.5. The molecule has 1 aromatic carbocycles. The van der Waals surface area contributed by atoms with E-state index in [9.17, 15) is 5.11 Å². The fraction of sp³-hybridized carbons (Fsp3) is 0.625. The molecule has 2 unspecified atom stereocenters. The zero-order valence-electron chi connectivity index (χ0n) is 12.3. The lowest BCUT2D eigenvalue weighted by molar-refractivity contribution is 0.0733.